The van der Waals surface area contributed by atoms with Crippen molar-refractivity contribution in [3.63, 3.8) is 0 Å². The van der Waals surface area contributed by atoms with Crippen LogP contribution in [0.1, 0.15) is 56.3 Å². The van der Waals surface area contributed by atoms with Crippen LogP contribution in [-0.2, 0) is 4.79 Å². The number of ether oxygens (including phenoxy) is 1. The third-order valence-corrected chi connectivity index (χ3v) is 4.51. The zero-order chi connectivity index (χ0) is 16.5. The van der Waals surface area contributed by atoms with Crippen molar-refractivity contribution in [2.75, 3.05) is 6.54 Å². The van der Waals surface area contributed by atoms with E-state index >= 15 is 0 Å². The average Bonchev–Trinajstić information content (AvgIpc) is 3.14. The maximum atomic E-state index is 12.8. The number of hydrogen-bond acceptors (Lipinski definition) is 6. The summed E-state index contributed by atoms with van der Waals surface area (Å²) in [6.07, 6.45) is 6.72. The first-order chi connectivity index (χ1) is 11.7. The van der Waals surface area contributed by atoms with Gasteiger partial charge in [-0.25, -0.2) is 0 Å². The summed E-state index contributed by atoms with van der Waals surface area (Å²) in [5.74, 6) is 2.29. The molecule has 2 atom stereocenters. The fourth-order valence-electron chi connectivity index (χ4n) is 3.08. The second-order valence-electron chi connectivity index (χ2n) is 6.40. The maximum absolute atomic E-state index is 12.8. The van der Waals surface area contributed by atoms with Gasteiger partial charge < -0.3 is 14.2 Å². The molecule has 1 aliphatic heterocycles. The standard InChI is InChI=1S/C17H20N4O3/c1-11(23-13-4-2-8-18-10-13)17(22)21-9-3-5-14(21)15-19-16(24-20-15)12-6-7-12/h2,4,8,10-12,14H,3,5-7,9H2,1H3/t11-,14-/m1/s1. The molecule has 2 aromatic rings. The fourth-order valence-corrected chi connectivity index (χ4v) is 3.08. The van der Waals surface area contributed by atoms with Crippen molar-refractivity contribution in [3.8, 4) is 5.75 Å². The van der Waals surface area contributed by atoms with Crippen LogP contribution in [0.15, 0.2) is 29.0 Å². The molecule has 7 heteroatoms. The van der Waals surface area contributed by atoms with Crippen LogP contribution < -0.4 is 4.74 Å². The summed E-state index contributed by atoms with van der Waals surface area (Å²) < 4.78 is 11.1. The van der Waals surface area contributed by atoms with E-state index in [9.17, 15) is 4.79 Å². The monoisotopic (exact) mass is 328 g/mol. The Labute approximate surface area is 140 Å². The van der Waals surface area contributed by atoms with Gasteiger partial charge in [-0.3, -0.25) is 9.78 Å². The normalized spacial score (nSPS) is 21.7. The van der Waals surface area contributed by atoms with Gasteiger partial charge in [0.05, 0.1) is 12.2 Å². The van der Waals surface area contributed by atoms with Crippen LogP contribution >= 0.6 is 0 Å². The Bertz CT molecular complexity index is 714. The lowest BCUT2D eigenvalue weighted by Crippen LogP contribution is -2.40. The number of likely N-dealkylation sites (tertiary alicyclic amines) is 1. The maximum Gasteiger partial charge on any atom is 0.263 e. The molecule has 2 aliphatic rings. The Morgan fingerprint density at radius 1 is 1.42 bits per heavy atom. The molecule has 24 heavy (non-hydrogen) atoms. The predicted octanol–water partition coefficient (Wildman–Crippen LogP) is 2.47. The lowest BCUT2D eigenvalue weighted by Gasteiger charge is -2.25. The van der Waals surface area contributed by atoms with Gasteiger partial charge in [-0.1, -0.05) is 5.16 Å². The van der Waals surface area contributed by atoms with E-state index in [4.69, 9.17) is 9.26 Å². The SMILES string of the molecule is C[C@@H](Oc1cccnc1)C(=O)N1CCC[C@@H]1c1noc(C2CC2)n1. The van der Waals surface area contributed by atoms with Crippen LogP contribution in [0, 0.1) is 0 Å². The van der Waals surface area contributed by atoms with Crippen LogP contribution in [0.2, 0.25) is 0 Å². The average molecular weight is 328 g/mol. The quantitative estimate of drug-likeness (QED) is 0.838. The number of rotatable bonds is 5. The van der Waals surface area contributed by atoms with E-state index in [1.165, 1.54) is 0 Å². The molecule has 1 saturated carbocycles. The lowest BCUT2D eigenvalue weighted by molar-refractivity contribution is -0.139. The molecule has 0 N–H and O–H groups in total. The van der Waals surface area contributed by atoms with E-state index in [0.717, 1.165) is 25.7 Å². The molecule has 2 fully saturated rings. The molecular weight excluding hydrogens is 308 g/mol. The van der Waals surface area contributed by atoms with E-state index < -0.39 is 6.10 Å². The molecule has 7 nitrogen and oxygen atoms in total. The molecule has 126 valence electrons. The topological polar surface area (TPSA) is 81.4 Å². The van der Waals surface area contributed by atoms with Crippen molar-refractivity contribution in [1.29, 1.82) is 0 Å². The highest BCUT2D eigenvalue weighted by atomic mass is 16.5. The highest BCUT2D eigenvalue weighted by Crippen LogP contribution is 2.40. The molecule has 0 bridgehead atoms. The number of nitrogens with zero attached hydrogens (tertiary/aromatic N) is 4. The number of amides is 1. The minimum atomic E-state index is -0.579. The van der Waals surface area contributed by atoms with Crippen molar-refractivity contribution in [2.45, 2.75) is 50.7 Å². The molecule has 0 spiro atoms. The number of hydrogen-bond donors (Lipinski definition) is 0. The second-order valence-corrected chi connectivity index (χ2v) is 6.40. The molecule has 2 aromatic heterocycles. The molecule has 0 aromatic carbocycles. The van der Waals surface area contributed by atoms with Gasteiger partial charge in [0.1, 0.15) is 5.75 Å². The first-order valence-electron chi connectivity index (χ1n) is 8.43. The van der Waals surface area contributed by atoms with E-state index in [1.54, 1.807) is 31.5 Å². The molecule has 3 heterocycles. The largest absolute Gasteiger partial charge is 0.479 e. The summed E-state index contributed by atoms with van der Waals surface area (Å²) in [7, 11) is 0. The zero-order valence-corrected chi connectivity index (χ0v) is 13.6. The molecule has 1 saturated heterocycles. The van der Waals surface area contributed by atoms with E-state index in [0.29, 0.717) is 29.9 Å². The van der Waals surface area contributed by atoms with Crippen LogP contribution in [-0.4, -0.2) is 38.6 Å². The molecule has 1 aliphatic carbocycles. The molecule has 4 rings (SSSR count). The van der Waals surface area contributed by atoms with Gasteiger partial charge in [0, 0.05) is 18.7 Å². The summed E-state index contributed by atoms with van der Waals surface area (Å²) in [5.41, 5.74) is 0. The van der Waals surface area contributed by atoms with Crippen LogP contribution in [0.25, 0.3) is 0 Å². The van der Waals surface area contributed by atoms with E-state index in [-0.39, 0.29) is 11.9 Å². The number of aromatic nitrogens is 3. The fraction of sp³-hybridized carbons (Fsp3) is 0.529. The molecule has 0 radical (unpaired) electrons. The smallest absolute Gasteiger partial charge is 0.263 e. The Kier molecular flexibility index (Phi) is 3.92. The van der Waals surface area contributed by atoms with Gasteiger partial charge in [0.15, 0.2) is 11.9 Å². The van der Waals surface area contributed by atoms with E-state index in [1.807, 2.05) is 4.90 Å². The van der Waals surface area contributed by atoms with Crippen molar-refractivity contribution in [1.82, 2.24) is 20.0 Å². The third-order valence-electron chi connectivity index (χ3n) is 4.51. The van der Waals surface area contributed by atoms with Gasteiger partial charge in [-0.2, -0.15) is 4.98 Å². The lowest BCUT2D eigenvalue weighted by atomic mass is 10.2. The molecule has 1 amide bonds. The summed E-state index contributed by atoms with van der Waals surface area (Å²) in [5, 5.41) is 4.10. The summed E-state index contributed by atoms with van der Waals surface area (Å²) in [4.78, 5) is 23.1. The Morgan fingerprint density at radius 3 is 3.04 bits per heavy atom. The summed E-state index contributed by atoms with van der Waals surface area (Å²) in [6.45, 7) is 2.45. The minimum Gasteiger partial charge on any atom is -0.479 e. The number of carbonyl (C=O) groups is 1. The van der Waals surface area contributed by atoms with Crippen molar-refractivity contribution >= 4 is 5.91 Å². The van der Waals surface area contributed by atoms with Crippen molar-refractivity contribution in [3.05, 3.63) is 36.2 Å². The minimum absolute atomic E-state index is 0.0564. The first-order valence-corrected chi connectivity index (χ1v) is 8.43. The Balaban J connectivity index is 1.45. The third kappa shape index (κ3) is 2.98. The van der Waals surface area contributed by atoms with Crippen LogP contribution in [0.5, 0.6) is 5.75 Å². The van der Waals surface area contributed by atoms with Gasteiger partial charge in [0.25, 0.3) is 5.91 Å². The van der Waals surface area contributed by atoms with Crippen molar-refractivity contribution in [2.24, 2.45) is 0 Å². The number of pyridine rings is 1. The summed E-state index contributed by atoms with van der Waals surface area (Å²) in [6, 6.07) is 3.46. The first kappa shape index (κ1) is 15.1. The second kappa shape index (κ2) is 6.22. The van der Waals surface area contributed by atoms with Gasteiger partial charge in [-0.05, 0) is 44.7 Å². The van der Waals surface area contributed by atoms with Gasteiger partial charge in [0.2, 0.25) is 5.89 Å². The van der Waals surface area contributed by atoms with Gasteiger partial charge >= 0.3 is 0 Å². The zero-order valence-electron chi connectivity index (χ0n) is 13.6. The summed E-state index contributed by atoms with van der Waals surface area (Å²) >= 11 is 0. The predicted molar refractivity (Wildman–Crippen MR) is 84.3 cm³/mol. The molecule has 0 unspecified atom stereocenters. The molecular formula is C17H20N4O3. The Morgan fingerprint density at radius 2 is 2.29 bits per heavy atom. The van der Waals surface area contributed by atoms with Crippen LogP contribution in [0.4, 0.5) is 0 Å². The Hall–Kier alpha value is -2.44. The van der Waals surface area contributed by atoms with Gasteiger partial charge in [-0.15, -0.1) is 0 Å². The van der Waals surface area contributed by atoms with E-state index in [2.05, 4.69) is 15.1 Å². The highest BCUT2D eigenvalue weighted by molar-refractivity contribution is 5.81. The number of carbonyl (C=O) groups excluding carboxylic acids is 1. The van der Waals surface area contributed by atoms with Crippen LogP contribution in [0.3, 0.4) is 0 Å². The van der Waals surface area contributed by atoms with Crippen molar-refractivity contribution < 1.29 is 14.1 Å². The highest BCUT2D eigenvalue weighted by Gasteiger charge is 2.37.